The zero-order chi connectivity index (χ0) is 52.9. The van der Waals surface area contributed by atoms with Crippen molar-refractivity contribution in [1.82, 2.24) is 5.32 Å². The van der Waals surface area contributed by atoms with Crippen molar-refractivity contribution in [3.63, 3.8) is 0 Å². The molecule has 0 aromatic carbocycles. The number of carbonyl (C=O) groups excluding carboxylic acids is 2. The number of hydrogen-bond acceptors (Lipinski definition) is 5. The number of rotatable bonds is 62. The Morgan fingerprint density at radius 2 is 0.685 bits per heavy atom. The number of esters is 1. The lowest BCUT2D eigenvalue weighted by atomic mass is 10.0. The highest BCUT2D eigenvalue weighted by molar-refractivity contribution is 5.76. The zero-order valence-corrected chi connectivity index (χ0v) is 49.4. The summed E-state index contributed by atoms with van der Waals surface area (Å²) < 4.78 is 5.50. The summed E-state index contributed by atoms with van der Waals surface area (Å²) in [5, 5.41) is 23.3. The second kappa shape index (κ2) is 62.9. The summed E-state index contributed by atoms with van der Waals surface area (Å²) in [4.78, 5) is 24.6. The lowest BCUT2D eigenvalue weighted by Crippen LogP contribution is -2.45. The smallest absolute Gasteiger partial charge is 0.305 e. The number of nitrogens with one attached hydrogen (secondary N) is 1. The van der Waals surface area contributed by atoms with Crippen LogP contribution in [0, 0.1) is 0 Å². The Morgan fingerprint density at radius 1 is 0.384 bits per heavy atom. The van der Waals surface area contributed by atoms with Crippen LogP contribution in [0.15, 0.2) is 24.3 Å². The molecule has 2 atom stereocenters. The molecule has 3 N–H and O–H groups in total. The molecule has 432 valence electrons. The van der Waals surface area contributed by atoms with Crippen molar-refractivity contribution in [2.75, 3.05) is 13.2 Å². The Labute approximate surface area is 456 Å². The van der Waals surface area contributed by atoms with Gasteiger partial charge in [-0.05, 0) is 57.8 Å². The van der Waals surface area contributed by atoms with Gasteiger partial charge in [0.15, 0.2) is 0 Å². The number of amides is 1. The minimum atomic E-state index is -0.664. The van der Waals surface area contributed by atoms with Crippen molar-refractivity contribution in [3.05, 3.63) is 24.3 Å². The topological polar surface area (TPSA) is 95.9 Å². The van der Waals surface area contributed by atoms with Crippen molar-refractivity contribution < 1.29 is 24.5 Å². The normalized spacial score (nSPS) is 12.7. The van der Waals surface area contributed by atoms with Crippen LogP contribution >= 0.6 is 0 Å². The van der Waals surface area contributed by atoms with E-state index in [-0.39, 0.29) is 18.5 Å². The standard InChI is InChI=1S/C67H129NO5/c1-3-5-7-9-11-13-15-17-19-20-25-29-33-37-41-45-49-53-57-61-67(72)73-62-58-54-50-46-42-38-34-30-27-24-22-21-23-26-28-32-36-40-44-48-52-56-60-66(71)68-64(63-69)65(70)59-55-51-47-43-39-35-31-18-16-14-12-10-8-6-4-2/h11,13,17,19,64-65,69-70H,3-10,12,14-16,18,20-63H2,1-2H3,(H,68,71)/b13-11-,19-17-. The van der Waals surface area contributed by atoms with Crippen LogP contribution in [0.25, 0.3) is 0 Å². The molecule has 0 radical (unpaired) electrons. The van der Waals surface area contributed by atoms with E-state index in [1.165, 1.54) is 283 Å². The van der Waals surface area contributed by atoms with E-state index in [1.807, 2.05) is 0 Å². The summed E-state index contributed by atoms with van der Waals surface area (Å²) in [5.74, 6) is -0.0225. The lowest BCUT2D eigenvalue weighted by molar-refractivity contribution is -0.143. The molecule has 0 heterocycles. The molecular formula is C67H129NO5. The number of ether oxygens (including phenoxy) is 1. The van der Waals surface area contributed by atoms with Crippen LogP contribution < -0.4 is 5.32 Å². The quantitative estimate of drug-likeness (QED) is 0.0320. The van der Waals surface area contributed by atoms with Crippen LogP contribution in [0.3, 0.4) is 0 Å². The van der Waals surface area contributed by atoms with E-state index in [9.17, 15) is 19.8 Å². The molecule has 6 nitrogen and oxygen atoms in total. The number of hydrogen-bond donors (Lipinski definition) is 3. The fourth-order valence-corrected chi connectivity index (χ4v) is 10.4. The van der Waals surface area contributed by atoms with Crippen molar-refractivity contribution in [1.29, 1.82) is 0 Å². The van der Waals surface area contributed by atoms with E-state index >= 15 is 0 Å². The Bertz CT molecular complexity index is 1140. The molecule has 73 heavy (non-hydrogen) atoms. The molecule has 2 unspecified atom stereocenters. The summed E-state index contributed by atoms with van der Waals surface area (Å²) in [6.45, 7) is 4.95. The number of unbranched alkanes of at least 4 members (excludes halogenated alkanes) is 47. The van der Waals surface area contributed by atoms with Crippen molar-refractivity contribution in [2.24, 2.45) is 0 Å². The number of aliphatic hydroxyl groups is 2. The van der Waals surface area contributed by atoms with Crippen LogP contribution in [0.1, 0.15) is 367 Å². The van der Waals surface area contributed by atoms with Gasteiger partial charge in [0.1, 0.15) is 0 Å². The molecule has 0 aliphatic rings. The molecule has 0 aliphatic carbocycles. The second-order valence-corrected chi connectivity index (χ2v) is 22.8. The minimum Gasteiger partial charge on any atom is -0.466 e. The third kappa shape index (κ3) is 59.4. The monoisotopic (exact) mass is 1030 g/mol. The number of allylic oxidation sites excluding steroid dienone is 4. The van der Waals surface area contributed by atoms with Crippen LogP contribution in [0.4, 0.5) is 0 Å². The molecule has 0 bridgehead atoms. The highest BCUT2D eigenvalue weighted by Gasteiger charge is 2.20. The first-order valence-electron chi connectivity index (χ1n) is 33.1. The Morgan fingerprint density at radius 3 is 1.07 bits per heavy atom. The first-order valence-corrected chi connectivity index (χ1v) is 33.1. The highest BCUT2D eigenvalue weighted by atomic mass is 16.5. The van der Waals surface area contributed by atoms with Gasteiger partial charge in [0.2, 0.25) is 5.91 Å². The van der Waals surface area contributed by atoms with E-state index in [0.29, 0.717) is 25.9 Å². The Balaban J connectivity index is 3.36. The van der Waals surface area contributed by atoms with Crippen molar-refractivity contribution >= 4 is 11.9 Å². The first-order chi connectivity index (χ1) is 36.0. The molecule has 0 aromatic rings. The van der Waals surface area contributed by atoms with Crippen LogP contribution in [0.5, 0.6) is 0 Å². The summed E-state index contributed by atoms with van der Waals surface area (Å²) in [5.41, 5.74) is 0. The van der Waals surface area contributed by atoms with E-state index in [2.05, 4.69) is 43.5 Å². The number of aliphatic hydroxyl groups excluding tert-OH is 2. The summed E-state index contributed by atoms with van der Waals surface area (Å²) in [6.07, 6.45) is 77.7. The van der Waals surface area contributed by atoms with Gasteiger partial charge in [-0.25, -0.2) is 0 Å². The van der Waals surface area contributed by atoms with Gasteiger partial charge in [-0.15, -0.1) is 0 Å². The third-order valence-corrected chi connectivity index (χ3v) is 15.5. The van der Waals surface area contributed by atoms with Gasteiger partial charge in [0.05, 0.1) is 25.4 Å². The molecule has 0 aromatic heterocycles. The maximum Gasteiger partial charge on any atom is 0.305 e. The molecule has 6 heteroatoms. The molecule has 0 fully saturated rings. The van der Waals surface area contributed by atoms with Crippen molar-refractivity contribution in [2.45, 2.75) is 379 Å². The highest BCUT2D eigenvalue weighted by Crippen LogP contribution is 2.18. The lowest BCUT2D eigenvalue weighted by Gasteiger charge is -2.22. The van der Waals surface area contributed by atoms with Gasteiger partial charge >= 0.3 is 5.97 Å². The van der Waals surface area contributed by atoms with Gasteiger partial charge in [-0.1, -0.05) is 321 Å². The molecule has 0 aliphatic heterocycles. The van der Waals surface area contributed by atoms with E-state index < -0.39 is 12.1 Å². The fourth-order valence-electron chi connectivity index (χ4n) is 10.4. The van der Waals surface area contributed by atoms with Gasteiger partial charge in [-0.2, -0.15) is 0 Å². The minimum absolute atomic E-state index is 0.0102. The fraction of sp³-hybridized carbons (Fsp3) is 0.910. The Kier molecular flexibility index (Phi) is 61.4. The molecular weight excluding hydrogens is 899 g/mol. The predicted molar refractivity (Wildman–Crippen MR) is 320 cm³/mol. The third-order valence-electron chi connectivity index (χ3n) is 15.5. The van der Waals surface area contributed by atoms with Gasteiger partial charge < -0.3 is 20.3 Å². The van der Waals surface area contributed by atoms with E-state index in [1.54, 1.807) is 0 Å². The average Bonchev–Trinajstić information content (AvgIpc) is 3.39. The Hall–Kier alpha value is -1.66. The van der Waals surface area contributed by atoms with Gasteiger partial charge in [0, 0.05) is 12.8 Å². The maximum absolute atomic E-state index is 12.5. The molecule has 1 amide bonds. The van der Waals surface area contributed by atoms with Gasteiger partial charge in [0.25, 0.3) is 0 Å². The SMILES string of the molecule is CCCCC/C=C\C/C=C\CCCCCCCCCCCC(=O)OCCCCCCCCCCCCCCCCCCCCCCCCC(=O)NC(CO)C(O)CCCCCCCCCCCCCCCCC. The number of carbonyl (C=O) groups is 2. The van der Waals surface area contributed by atoms with Gasteiger partial charge in [-0.3, -0.25) is 9.59 Å². The summed E-state index contributed by atoms with van der Waals surface area (Å²) >= 11 is 0. The molecule has 0 spiro atoms. The first kappa shape index (κ1) is 71.3. The zero-order valence-electron chi connectivity index (χ0n) is 49.4. The summed E-state index contributed by atoms with van der Waals surface area (Å²) in [6, 6.07) is -0.541. The molecule has 0 rings (SSSR count). The van der Waals surface area contributed by atoms with Crippen molar-refractivity contribution in [3.8, 4) is 0 Å². The molecule has 0 saturated heterocycles. The van der Waals surface area contributed by atoms with Crippen LogP contribution in [0.2, 0.25) is 0 Å². The van der Waals surface area contributed by atoms with Crippen LogP contribution in [-0.4, -0.2) is 47.4 Å². The maximum atomic E-state index is 12.5. The van der Waals surface area contributed by atoms with E-state index in [0.717, 1.165) is 51.4 Å². The average molecular weight is 1030 g/mol. The molecule has 0 saturated carbocycles. The predicted octanol–water partition coefficient (Wildman–Crippen LogP) is 21.0. The van der Waals surface area contributed by atoms with Crippen LogP contribution in [-0.2, 0) is 14.3 Å². The largest absolute Gasteiger partial charge is 0.466 e. The summed E-state index contributed by atoms with van der Waals surface area (Å²) in [7, 11) is 0. The second-order valence-electron chi connectivity index (χ2n) is 22.8. The van der Waals surface area contributed by atoms with E-state index in [4.69, 9.17) is 4.74 Å².